The molecule has 0 saturated carbocycles. The molecule has 0 saturated heterocycles. The molecule has 2 rings (SSSR count). The number of aromatic nitrogens is 1. The van der Waals surface area contributed by atoms with Crippen LogP contribution in [0.3, 0.4) is 0 Å². The predicted octanol–water partition coefficient (Wildman–Crippen LogP) is 3.37. The van der Waals surface area contributed by atoms with Crippen molar-refractivity contribution >= 4 is 33.4 Å². The maximum Gasteiger partial charge on any atom is 0.244 e. The highest BCUT2D eigenvalue weighted by Crippen LogP contribution is 2.24. The molecule has 0 radical (unpaired) electrons. The minimum Gasteiger partial charge on any atom is -0.325 e. The number of halogens is 1. The van der Waals surface area contributed by atoms with Crippen LogP contribution in [0, 0.1) is 5.82 Å². The zero-order valence-electron chi connectivity index (χ0n) is 15.3. The lowest BCUT2D eigenvalue weighted by molar-refractivity contribution is -0.115. The van der Waals surface area contributed by atoms with Crippen molar-refractivity contribution in [1.29, 1.82) is 0 Å². The van der Waals surface area contributed by atoms with E-state index in [4.69, 9.17) is 0 Å². The fourth-order valence-electron chi connectivity index (χ4n) is 2.35. The van der Waals surface area contributed by atoms with Crippen LogP contribution in [0.25, 0.3) is 0 Å². The Bertz CT molecular complexity index is 885. The first-order valence-electron chi connectivity index (χ1n) is 8.47. The van der Waals surface area contributed by atoms with E-state index in [2.05, 4.69) is 10.3 Å². The van der Waals surface area contributed by atoms with Gasteiger partial charge in [0.05, 0.1) is 10.3 Å². The quantitative estimate of drug-likeness (QED) is 0.674. The Morgan fingerprint density at radius 2 is 1.96 bits per heavy atom. The van der Waals surface area contributed by atoms with E-state index in [1.807, 2.05) is 0 Å². The molecule has 6 nitrogen and oxygen atoms in total. The first-order valence-corrected chi connectivity index (χ1v) is 10.8. The topological polar surface area (TPSA) is 79.4 Å². The molecule has 1 aromatic carbocycles. The molecule has 0 spiro atoms. The van der Waals surface area contributed by atoms with Gasteiger partial charge in [0.25, 0.3) is 0 Å². The van der Waals surface area contributed by atoms with Crippen molar-refractivity contribution in [2.24, 2.45) is 0 Å². The molecule has 1 amide bonds. The summed E-state index contributed by atoms with van der Waals surface area (Å²) in [5.74, 6) is -0.730. The number of pyridine rings is 1. The van der Waals surface area contributed by atoms with Gasteiger partial charge in [0.2, 0.25) is 15.9 Å². The molecule has 146 valence electrons. The normalized spacial score (nSPS) is 12.8. The third-order valence-electron chi connectivity index (χ3n) is 3.81. The lowest BCUT2D eigenvalue weighted by Gasteiger charge is -2.18. The highest BCUT2D eigenvalue weighted by atomic mass is 32.2. The number of carbonyl (C=O) groups is 1. The number of hydrogen-bond donors (Lipinski definition) is 1. The van der Waals surface area contributed by atoms with Crippen molar-refractivity contribution in [2.75, 3.05) is 18.4 Å². The molecule has 1 unspecified atom stereocenters. The Morgan fingerprint density at radius 3 is 2.52 bits per heavy atom. The molecule has 1 N–H and O–H groups in total. The van der Waals surface area contributed by atoms with Crippen molar-refractivity contribution in [1.82, 2.24) is 9.29 Å². The minimum absolute atomic E-state index is 0.118. The van der Waals surface area contributed by atoms with Crippen molar-refractivity contribution < 1.29 is 17.6 Å². The third kappa shape index (κ3) is 5.50. The molecule has 0 aliphatic rings. The minimum atomic E-state index is -3.56. The van der Waals surface area contributed by atoms with Crippen molar-refractivity contribution in [3.05, 3.63) is 48.4 Å². The van der Waals surface area contributed by atoms with Crippen LogP contribution in [0.4, 0.5) is 10.1 Å². The Balaban J connectivity index is 2.04. The number of sulfonamides is 1. The molecule has 0 aliphatic carbocycles. The van der Waals surface area contributed by atoms with Gasteiger partial charge in [-0.25, -0.2) is 17.8 Å². The summed E-state index contributed by atoms with van der Waals surface area (Å²) in [6.45, 7) is 6.01. The van der Waals surface area contributed by atoms with Crippen LogP contribution in [0.15, 0.2) is 52.5 Å². The van der Waals surface area contributed by atoms with Crippen molar-refractivity contribution in [3.63, 3.8) is 0 Å². The van der Waals surface area contributed by atoms with E-state index in [-0.39, 0.29) is 10.8 Å². The van der Waals surface area contributed by atoms with Crippen LogP contribution in [-0.4, -0.2) is 42.0 Å². The van der Waals surface area contributed by atoms with Crippen LogP contribution in [0.2, 0.25) is 0 Å². The lowest BCUT2D eigenvalue weighted by atomic mass is 10.3. The molecule has 2 aromatic rings. The van der Waals surface area contributed by atoms with Gasteiger partial charge in [-0.05, 0) is 37.3 Å². The lowest BCUT2D eigenvalue weighted by Crippen LogP contribution is -2.30. The number of rotatable bonds is 8. The Hall–Kier alpha value is -1.97. The smallest absolute Gasteiger partial charge is 0.244 e. The summed E-state index contributed by atoms with van der Waals surface area (Å²) in [7, 11) is -3.56. The number of hydrogen-bond acceptors (Lipinski definition) is 5. The van der Waals surface area contributed by atoms with Gasteiger partial charge < -0.3 is 5.32 Å². The van der Waals surface area contributed by atoms with Crippen molar-refractivity contribution in [2.45, 2.75) is 35.9 Å². The largest absolute Gasteiger partial charge is 0.325 e. The average Bonchev–Trinajstić information content (AvgIpc) is 2.63. The second-order valence-corrected chi connectivity index (χ2v) is 8.98. The number of carbonyl (C=O) groups excluding carboxylic acids is 1. The Morgan fingerprint density at radius 1 is 1.26 bits per heavy atom. The average molecular weight is 412 g/mol. The molecule has 1 heterocycles. The monoisotopic (exact) mass is 411 g/mol. The van der Waals surface area contributed by atoms with Gasteiger partial charge in [0.1, 0.15) is 10.7 Å². The molecule has 0 aliphatic heterocycles. The number of nitrogens with zero attached hydrogens (tertiary/aromatic N) is 2. The van der Waals surface area contributed by atoms with Gasteiger partial charge in [-0.1, -0.05) is 31.7 Å². The van der Waals surface area contributed by atoms with E-state index in [0.29, 0.717) is 23.8 Å². The van der Waals surface area contributed by atoms with Gasteiger partial charge in [-0.15, -0.1) is 0 Å². The van der Waals surface area contributed by atoms with E-state index in [9.17, 15) is 17.6 Å². The Kier molecular flexibility index (Phi) is 7.34. The zero-order chi connectivity index (χ0) is 20.0. The van der Waals surface area contributed by atoms with E-state index in [1.165, 1.54) is 46.5 Å². The summed E-state index contributed by atoms with van der Waals surface area (Å²) in [5, 5.41) is 2.67. The second-order valence-electron chi connectivity index (χ2n) is 5.68. The van der Waals surface area contributed by atoms with Crippen LogP contribution in [0.5, 0.6) is 0 Å². The van der Waals surface area contributed by atoms with Crippen molar-refractivity contribution in [3.8, 4) is 0 Å². The molecule has 0 bridgehead atoms. The zero-order valence-corrected chi connectivity index (χ0v) is 17.0. The Labute approximate surface area is 163 Å². The number of benzene rings is 1. The summed E-state index contributed by atoms with van der Waals surface area (Å²) in [6.07, 6.45) is 1.30. The van der Waals surface area contributed by atoms with Gasteiger partial charge in [-0.3, -0.25) is 4.79 Å². The first kappa shape index (κ1) is 21.3. The standard InChI is InChI=1S/C18H22FN3O3S2/c1-4-22(5-2)27(24,25)16-9-10-17(20-12-16)26-13(3)18(23)21-15-8-6-7-14(19)11-15/h6-13H,4-5H2,1-3H3,(H,21,23). The number of nitrogens with one attached hydrogen (secondary N) is 1. The highest BCUT2D eigenvalue weighted by Gasteiger charge is 2.22. The summed E-state index contributed by atoms with van der Waals surface area (Å²) < 4.78 is 39.4. The summed E-state index contributed by atoms with van der Waals surface area (Å²) in [5.41, 5.74) is 0.376. The van der Waals surface area contributed by atoms with E-state index in [0.717, 1.165) is 0 Å². The molecule has 0 fully saturated rings. The van der Waals surface area contributed by atoms with E-state index < -0.39 is 21.1 Å². The van der Waals surface area contributed by atoms with Gasteiger partial charge >= 0.3 is 0 Å². The molecular weight excluding hydrogens is 389 g/mol. The fraction of sp³-hybridized carbons (Fsp3) is 0.333. The number of amides is 1. The van der Waals surface area contributed by atoms with E-state index >= 15 is 0 Å². The SMILES string of the molecule is CCN(CC)S(=O)(=O)c1ccc(SC(C)C(=O)Nc2cccc(F)c2)nc1. The summed E-state index contributed by atoms with van der Waals surface area (Å²) >= 11 is 1.19. The summed E-state index contributed by atoms with van der Waals surface area (Å²) in [4.78, 5) is 16.5. The maximum atomic E-state index is 13.2. The molecular formula is C18H22FN3O3S2. The predicted molar refractivity (Wildman–Crippen MR) is 105 cm³/mol. The van der Waals surface area contributed by atoms with Crippen LogP contribution < -0.4 is 5.32 Å². The second kappa shape index (κ2) is 9.29. The van der Waals surface area contributed by atoms with Gasteiger partial charge in [0, 0.05) is 25.0 Å². The van der Waals surface area contributed by atoms with Crippen LogP contribution in [-0.2, 0) is 14.8 Å². The highest BCUT2D eigenvalue weighted by molar-refractivity contribution is 8.00. The van der Waals surface area contributed by atoms with Crippen LogP contribution >= 0.6 is 11.8 Å². The summed E-state index contributed by atoms with van der Waals surface area (Å²) in [6, 6.07) is 8.71. The molecule has 1 atom stereocenters. The molecule has 1 aromatic heterocycles. The first-order chi connectivity index (χ1) is 12.8. The maximum absolute atomic E-state index is 13.2. The molecule has 9 heteroatoms. The number of anilines is 1. The van der Waals surface area contributed by atoms with Crippen LogP contribution in [0.1, 0.15) is 20.8 Å². The third-order valence-corrected chi connectivity index (χ3v) is 6.90. The molecule has 27 heavy (non-hydrogen) atoms. The van der Waals surface area contributed by atoms with Gasteiger partial charge in [0.15, 0.2) is 0 Å². The fourth-order valence-corrected chi connectivity index (χ4v) is 4.54. The van der Waals surface area contributed by atoms with E-state index in [1.54, 1.807) is 32.9 Å². The number of thioether (sulfide) groups is 1. The van der Waals surface area contributed by atoms with Gasteiger partial charge in [-0.2, -0.15) is 4.31 Å².